The normalized spacial score (nSPS) is 11.2. The predicted molar refractivity (Wildman–Crippen MR) is 105 cm³/mol. The van der Waals surface area contributed by atoms with Crippen LogP contribution in [0.4, 0.5) is 10.5 Å². The second-order valence-corrected chi connectivity index (χ2v) is 7.42. The highest BCUT2D eigenvalue weighted by Gasteiger charge is 2.19. The van der Waals surface area contributed by atoms with E-state index in [9.17, 15) is 13.2 Å². The van der Waals surface area contributed by atoms with Crippen LogP contribution in [0.2, 0.25) is 0 Å². The molecule has 7 heteroatoms. The van der Waals surface area contributed by atoms with Crippen LogP contribution in [0, 0.1) is 0 Å². The lowest BCUT2D eigenvalue weighted by atomic mass is 9.99. The Hall–Kier alpha value is -3.16. The minimum atomic E-state index is -3.95. The summed E-state index contributed by atoms with van der Waals surface area (Å²) in [6, 6.07) is 24.1. The Kier molecular flexibility index (Phi) is 5.54. The van der Waals surface area contributed by atoms with Crippen LogP contribution in [0.25, 0.3) is 0 Å². The van der Waals surface area contributed by atoms with E-state index in [1.807, 2.05) is 60.7 Å². The van der Waals surface area contributed by atoms with E-state index >= 15 is 0 Å². The summed E-state index contributed by atoms with van der Waals surface area (Å²) in [5.74, 6) is 0. The molecule has 0 spiro atoms. The third kappa shape index (κ3) is 4.72. The zero-order valence-corrected chi connectivity index (χ0v) is 15.2. The van der Waals surface area contributed by atoms with Gasteiger partial charge in [0.25, 0.3) is 0 Å². The molecule has 0 atom stereocenters. The van der Waals surface area contributed by atoms with Crippen LogP contribution >= 0.6 is 0 Å². The molecule has 6 nitrogen and oxygen atoms in total. The van der Waals surface area contributed by atoms with E-state index in [1.165, 1.54) is 12.1 Å². The Morgan fingerprint density at radius 1 is 0.778 bits per heavy atom. The van der Waals surface area contributed by atoms with E-state index in [1.54, 1.807) is 12.1 Å². The first-order chi connectivity index (χ1) is 12.9. The molecule has 27 heavy (non-hydrogen) atoms. The molecule has 0 heterocycles. The van der Waals surface area contributed by atoms with Gasteiger partial charge in [0.1, 0.15) is 4.90 Å². The number of sulfonamides is 1. The Bertz CT molecular complexity index is 983. The first kappa shape index (κ1) is 18.6. The number of rotatable bonds is 5. The summed E-state index contributed by atoms with van der Waals surface area (Å²) in [6.07, 6.45) is 0. The summed E-state index contributed by atoms with van der Waals surface area (Å²) in [5.41, 5.74) is 1.93. The zero-order chi connectivity index (χ0) is 19.3. The van der Waals surface area contributed by atoms with Crippen molar-refractivity contribution in [1.82, 2.24) is 5.32 Å². The molecule has 0 saturated carbocycles. The number of primary sulfonamides is 1. The number of hydrogen-bond donors (Lipinski definition) is 3. The van der Waals surface area contributed by atoms with E-state index in [0.717, 1.165) is 11.1 Å². The third-order valence-electron chi connectivity index (χ3n) is 3.98. The number of amides is 2. The zero-order valence-electron chi connectivity index (χ0n) is 14.4. The Labute approximate surface area is 158 Å². The van der Waals surface area contributed by atoms with Crippen LogP contribution in [0.1, 0.15) is 17.2 Å². The third-order valence-corrected chi connectivity index (χ3v) is 4.95. The van der Waals surface area contributed by atoms with E-state index in [4.69, 9.17) is 5.14 Å². The van der Waals surface area contributed by atoms with Crippen LogP contribution in [0.15, 0.2) is 89.8 Å². The average molecular weight is 381 g/mol. The molecule has 0 aromatic heterocycles. The molecule has 0 radical (unpaired) electrons. The summed E-state index contributed by atoms with van der Waals surface area (Å²) < 4.78 is 23.4. The molecule has 0 bridgehead atoms. The van der Waals surface area contributed by atoms with E-state index in [0.29, 0.717) is 0 Å². The van der Waals surface area contributed by atoms with Crippen LogP contribution in [-0.4, -0.2) is 14.4 Å². The van der Waals surface area contributed by atoms with Crippen molar-refractivity contribution in [2.75, 3.05) is 5.32 Å². The molecular formula is C20H19N3O3S. The highest BCUT2D eigenvalue weighted by molar-refractivity contribution is 7.89. The molecule has 0 aliphatic carbocycles. The van der Waals surface area contributed by atoms with E-state index in [2.05, 4.69) is 10.6 Å². The Balaban J connectivity index is 1.87. The lowest BCUT2D eigenvalue weighted by Gasteiger charge is -2.20. The van der Waals surface area contributed by atoms with Gasteiger partial charge in [-0.25, -0.2) is 18.4 Å². The second kappa shape index (κ2) is 8.03. The fourth-order valence-electron chi connectivity index (χ4n) is 2.76. The number of carbonyl (C=O) groups excluding carboxylic acids is 1. The number of carbonyl (C=O) groups is 1. The lowest BCUT2D eigenvalue weighted by Crippen LogP contribution is -2.33. The molecule has 0 saturated heterocycles. The maximum atomic E-state index is 12.6. The molecule has 0 fully saturated rings. The van der Waals surface area contributed by atoms with Crippen molar-refractivity contribution in [3.8, 4) is 0 Å². The van der Waals surface area contributed by atoms with Gasteiger partial charge in [-0.1, -0.05) is 72.8 Å². The highest BCUT2D eigenvalue weighted by Crippen LogP contribution is 2.23. The molecule has 138 valence electrons. The molecule has 3 rings (SSSR count). The molecule has 3 aromatic rings. The van der Waals surface area contributed by atoms with Crippen LogP contribution in [0.5, 0.6) is 0 Å². The van der Waals surface area contributed by atoms with Crippen molar-refractivity contribution in [3.63, 3.8) is 0 Å². The van der Waals surface area contributed by atoms with E-state index < -0.39 is 22.1 Å². The maximum Gasteiger partial charge on any atom is 0.320 e. The van der Waals surface area contributed by atoms with Crippen molar-refractivity contribution in [2.45, 2.75) is 10.9 Å². The van der Waals surface area contributed by atoms with E-state index in [-0.39, 0.29) is 10.6 Å². The van der Waals surface area contributed by atoms with Gasteiger partial charge in [-0.2, -0.15) is 0 Å². The first-order valence-electron chi connectivity index (χ1n) is 8.24. The van der Waals surface area contributed by atoms with Crippen LogP contribution in [-0.2, 0) is 10.0 Å². The van der Waals surface area contributed by atoms with Gasteiger partial charge in [-0.05, 0) is 23.3 Å². The molecule has 2 amide bonds. The summed E-state index contributed by atoms with van der Waals surface area (Å²) >= 11 is 0. The Morgan fingerprint density at radius 3 is 1.78 bits per heavy atom. The number of para-hydroxylation sites is 1. The number of anilines is 1. The molecule has 0 aliphatic heterocycles. The summed E-state index contributed by atoms with van der Waals surface area (Å²) in [6.45, 7) is 0. The SMILES string of the molecule is NS(=O)(=O)c1ccccc1NC(=O)NC(c1ccccc1)c1ccccc1. The van der Waals surface area contributed by atoms with Gasteiger partial charge in [-0.3, -0.25) is 0 Å². The highest BCUT2D eigenvalue weighted by atomic mass is 32.2. The minimum absolute atomic E-state index is 0.123. The molecular weight excluding hydrogens is 362 g/mol. The van der Waals surface area contributed by atoms with Gasteiger partial charge in [-0.15, -0.1) is 0 Å². The average Bonchev–Trinajstić information content (AvgIpc) is 2.67. The molecule has 0 unspecified atom stereocenters. The monoisotopic (exact) mass is 381 g/mol. The quantitative estimate of drug-likeness (QED) is 0.632. The van der Waals surface area contributed by atoms with Crippen molar-refractivity contribution in [2.24, 2.45) is 5.14 Å². The number of hydrogen-bond acceptors (Lipinski definition) is 3. The van der Waals surface area contributed by atoms with Gasteiger partial charge in [0.2, 0.25) is 10.0 Å². The summed E-state index contributed by atoms with van der Waals surface area (Å²) in [7, 11) is -3.95. The minimum Gasteiger partial charge on any atom is -0.327 e. The van der Waals surface area contributed by atoms with Crippen molar-refractivity contribution in [1.29, 1.82) is 0 Å². The van der Waals surface area contributed by atoms with Crippen LogP contribution in [0.3, 0.4) is 0 Å². The molecule has 3 aromatic carbocycles. The maximum absolute atomic E-state index is 12.6. The van der Waals surface area contributed by atoms with Crippen molar-refractivity contribution in [3.05, 3.63) is 96.1 Å². The van der Waals surface area contributed by atoms with Gasteiger partial charge in [0.05, 0.1) is 11.7 Å². The summed E-state index contributed by atoms with van der Waals surface area (Å²) in [5, 5.41) is 10.7. The fourth-order valence-corrected chi connectivity index (χ4v) is 3.45. The van der Waals surface area contributed by atoms with Crippen LogP contribution < -0.4 is 15.8 Å². The lowest BCUT2D eigenvalue weighted by molar-refractivity contribution is 0.250. The van der Waals surface area contributed by atoms with Crippen molar-refractivity contribution < 1.29 is 13.2 Å². The standard InChI is InChI=1S/C20H19N3O3S/c21-27(25,26)18-14-8-7-13-17(18)22-20(24)23-19(15-9-3-1-4-10-15)16-11-5-2-6-12-16/h1-14,19H,(H2,21,25,26)(H2,22,23,24). The first-order valence-corrected chi connectivity index (χ1v) is 9.79. The fraction of sp³-hybridized carbons (Fsp3) is 0.0500. The molecule has 4 N–H and O–H groups in total. The predicted octanol–water partition coefficient (Wildman–Crippen LogP) is 3.25. The summed E-state index contributed by atoms with van der Waals surface area (Å²) in [4.78, 5) is 12.4. The second-order valence-electron chi connectivity index (χ2n) is 5.89. The molecule has 0 aliphatic rings. The number of nitrogens with one attached hydrogen (secondary N) is 2. The number of benzene rings is 3. The number of urea groups is 1. The largest absolute Gasteiger partial charge is 0.327 e. The smallest absolute Gasteiger partial charge is 0.320 e. The Morgan fingerprint density at radius 2 is 1.26 bits per heavy atom. The van der Waals surface area contributed by atoms with Gasteiger partial charge in [0, 0.05) is 0 Å². The van der Waals surface area contributed by atoms with Crippen molar-refractivity contribution >= 4 is 21.7 Å². The van der Waals surface area contributed by atoms with Gasteiger partial charge in [0.15, 0.2) is 0 Å². The topological polar surface area (TPSA) is 101 Å². The van der Waals surface area contributed by atoms with Gasteiger partial charge >= 0.3 is 6.03 Å². The number of nitrogens with two attached hydrogens (primary N) is 1. The van der Waals surface area contributed by atoms with Gasteiger partial charge < -0.3 is 10.6 Å².